The number of nitrogens with one attached hydrogen (secondary N) is 2. The van der Waals surface area contributed by atoms with Gasteiger partial charge in [0.25, 0.3) is 5.91 Å². The van der Waals surface area contributed by atoms with Gasteiger partial charge in [0, 0.05) is 34.7 Å². The van der Waals surface area contributed by atoms with Crippen LogP contribution in [0, 0.1) is 25.2 Å². The van der Waals surface area contributed by atoms with Crippen molar-refractivity contribution in [1.82, 2.24) is 14.6 Å². The first-order valence-corrected chi connectivity index (χ1v) is 11.0. The standard InChI is InChI=1S/C26H24N6O3/c1-16-23(17(2)32-25(29-16)19(14-27)15-28-32)12-13-24(33)30-20-6-4-18(5-7-20)26(34)31-21-8-10-22(35-3)11-9-21/h4-11,15H,12-13H2,1-3H3,(H,30,33)(H,31,34). The maximum Gasteiger partial charge on any atom is 0.255 e. The number of hydrogen-bond acceptors (Lipinski definition) is 6. The zero-order valence-corrected chi connectivity index (χ0v) is 19.6. The number of ether oxygens (including phenoxy) is 1. The van der Waals surface area contributed by atoms with Crippen LogP contribution in [0.1, 0.15) is 39.3 Å². The van der Waals surface area contributed by atoms with E-state index in [1.165, 1.54) is 6.20 Å². The monoisotopic (exact) mass is 468 g/mol. The molecule has 9 nitrogen and oxygen atoms in total. The van der Waals surface area contributed by atoms with Crippen LogP contribution in [-0.4, -0.2) is 33.5 Å². The van der Waals surface area contributed by atoms with Crippen LogP contribution in [0.15, 0.2) is 54.7 Å². The number of nitrogens with zero attached hydrogens (tertiary/aromatic N) is 4. The van der Waals surface area contributed by atoms with Gasteiger partial charge in [0.1, 0.15) is 17.4 Å². The lowest BCUT2D eigenvalue weighted by molar-refractivity contribution is -0.116. The number of carbonyl (C=O) groups is 2. The zero-order chi connectivity index (χ0) is 24.9. The number of benzene rings is 2. The number of rotatable bonds is 7. The molecule has 0 aliphatic heterocycles. The van der Waals surface area contributed by atoms with Gasteiger partial charge in [0.2, 0.25) is 5.91 Å². The summed E-state index contributed by atoms with van der Waals surface area (Å²) in [6.07, 6.45) is 2.23. The molecule has 0 radical (unpaired) electrons. The molecule has 0 bridgehead atoms. The second-order valence-electron chi connectivity index (χ2n) is 7.97. The minimum absolute atomic E-state index is 0.155. The third-order valence-corrected chi connectivity index (χ3v) is 5.71. The molecule has 2 amide bonds. The Balaban J connectivity index is 1.35. The molecule has 0 atom stereocenters. The molecule has 0 fully saturated rings. The van der Waals surface area contributed by atoms with Crippen molar-refractivity contribution >= 4 is 28.8 Å². The molecular weight excluding hydrogens is 444 g/mol. The molecule has 2 aromatic carbocycles. The highest BCUT2D eigenvalue weighted by Gasteiger charge is 2.15. The number of fused-ring (bicyclic) bond motifs is 1. The number of methoxy groups -OCH3 is 1. The van der Waals surface area contributed by atoms with Gasteiger partial charge in [-0.25, -0.2) is 9.50 Å². The predicted molar refractivity (Wildman–Crippen MR) is 132 cm³/mol. The Labute approximate surface area is 202 Å². The van der Waals surface area contributed by atoms with Gasteiger partial charge in [-0.05, 0) is 74.4 Å². The summed E-state index contributed by atoms with van der Waals surface area (Å²) in [5.41, 5.74) is 5.22. The molecule has 0 saturated heterocycles. The first-order chi connectivity index (χ1) is 16.9. The molecule has 2 aromatic heterocycles. The Bertz CT molecular complexity index is 1430. The quantitative estimate of drug-likeness (QED) is 0.422. The Morgan fingerprint density at radius 2 is 1.69 bits per heavy atom. The molecule has 176 valence electrons. The topological polar surface area (TPSA) is 121 Å². The van der Waals surface area contributed by atoms with Crippen LogP contribution in [0.3, 0.4) is 0 Å². The fourth-order valence-electron chi connectivity index (χ4n) is 3.80. The largest absolute Gasteiger partial charge is 0.497 e. The van der Waals surface area contributed by atoms with Crippen LogP contribution in [0.5, 0.6) is 5.75 Å². The molecule has 0 unspecified atom stereocenters. The Morgan fingerprint density at radius 1 is 1.03 bits per heavy atom. The van der Waals surface area contributed by atoms with Crippen molar-refractivity contribution in [2.75, 3.05) is 17.7 Å². The highest BCUT2D eigenvalue weighted by Crippen LogP contribution is 2.19. The third-order valence-electron chi connectivity index (χ3n) is 5.71. The van der Waals surface area contributed by atoms with Crippen LogP contribution in [-0.2, 0) is 11.2 Å². The van der Waals surface area contributed by atoms with Crippen LogP contribution >= 0.6 is 0 Å². The Morgan fingerprint density at radius 3 is 2.34 bits per heavy atom. The average molecular weight is 469 g/mol. The minimum Gasteiger partial charge on any atom is -0.497 e. The second-order valence-corrected chi connectivity index (χ2v) is 7.97. The summed E-state index contributed by atoms with van der Waals surface area (Å²) in [6, 6.07) is 15.8. The summed E-state index contributed by atoms with van der Waals surface area (Å²) in [5, 5.41) is 19.1. The van der Waals surface area contributed by atoms with Gasteiger partial charge in [0.15, 0.2) is 5.65 Å². The predicted octanol–water partition coefficient (Wildman–Crippen LogP) is 4.05. The zero-order valence-electron chi connectivity index (χ0n) is 19.6. The minimum atomic E-state index is -0.250. The van der Waals surface area contributed by atoms with Crippen LogP contribution < -0.4 is 15.4 Å². The highest BCUT2D eigenvalue weighted by molar-refractivity contribution is 6.04. The number of hydrogen-bond donors (Lipinski definition) is 2. The van der Waals surface area contributed by atoms with E-state index in [4.69, 9.17) is 4.74 Å². The van der Waals surface area contributed by atoms with Gasteiger partial charge in [-0.15, -0.1) is 0 Å². The summed E-state index contributed by atoms with van der Waals surface area (Å²) >= 11 is 0. The number of anilines is 2. The molecule has 9 heteroatoms. The fourth-order valence-corrected chi connectivity index (χ4v) is 3.80. The van der Waals surface area contributed by atoms with Crippen LogP contribution in [0.4, 0.5) is 11.4 Å². The molecule has 0 aliphatic carbocycles. The molecule has 4 aromatic rings. The molecule has 0 aliphatic rings. The fraction of sp³-hybridized carbons (Fsp3) is 0.192. The normalized spacial score (nSPS) is 10.6. The summed E-state index contributed by atoms with van der Waals surface area (Å²) in [6.45, 7) is 3.77. The molecule has 2 N–H and O–H groups in total. The summed E-state index contributed by atoms with van der Waals surface area (Å²) in [7, 11) is 1.58. The van der Waals surface area contributed by atoms with Gasteiger partial charge in [-0.3, -0.25) is 9.59 Å². The SMILES string of the molecule is COc1ccc(NC(=O)c2ccc(NC(=O)CCc3c(C)nc4c(C#N)cnn4c3C)cc2)cc1. The second kappa shape index (κ2) is 10.1. The highest BCUT2D eigenvalue weighted by atomic mass is 16.5. The van der Waals surface area contributed by atoms with Gasteiger partial charge in [0.05, 0.1) is 13.3 Å². The maximum atomic E-state index is 12.5. The molecular formula is C26H24N6O3. The lowest BCUT2D eigenvalue weighted by atomic mass is 10.1. The first kappa shape index (κ1) is 23.4. The van der Waals surface area contributed by atoms with E-state index in [2.05, 4.69) is 26.8 Å². The third kappa shape index (κ3) is 5.12. The lowest BCUT2D eigenvalue weighted by Crippen LogP contribution is -2.15. The first-order valence-electron chi connectivity index (χ1n) is 11.0. The Kier molecular flexibility index (Phi) is 6.73. The van der Waals surface area contributed by atoms with Crippen molar-refractivity contribution in [3.8, 4) is 11.8 Å². The van der Waals surface area contributed by atoms with Crippen molar-refractivity contribution < 1.29 is 14.3 Å². The maximum absolute atomic E-state index is 12.5. The van der Waals surface area contributed by atoms with Gasteiger partial charge >= 0.3 is 0 Å². The van der Waals surface area contributed by atoms with Crippen molar-refractivity contribution in [2.45, 2.75) is 26.7 Å². The molecule has 2 heterocycles. The number of carbonyl (C=O) groups excluding carboxylic acids is 2. The number of aryl methyl sites for hydroxylation is 2. The van der Waals surface area contributed by atoms with Crippen molar-refractivity contribution in [1.29, 1.82) is 5.26 Å². The number of aromatic nitrogens is 3. The van der Waals surface area contributed by atoms with Gasteiger partial charge in [-0.2, -0.15) is 10.4 Å². The van der Waals surface area contributed by atoms with E-state index in [9.17, 15) is 14.9 Å². The lowest BCUT2D eigenvalue weighted by Gasteiger charge is -2.11. The number of amides is 2. The summed E-state index contributed by atoms with van der Waals surface area (Å²) in [4.78, 5) is 29.5. The Hall–Kier alpha value is -4.71. The van der Waals surface area contributed by atoms with Crippen LogP contribution in [0.25, 0.3) is 5.65 Å². The summed E-state index contributed by atoms with van der Waals surface area (Å²) in [5.74, 6) is 0.303. The average Bonchev–Trinajstić information content (AvgIpc) is 3.27. The van der Waals surface area contributed by atoms with Gasteiger partial charge in [-0.1, -0.05) is 0 Å². The van der Waals surface area contributed by atoms with Crippen molar-refractivity contribution in [3.05, 3.63) is 82.8 Å². The van der Waals surface area contributed by atoms with E-state index in [0.29, 0.717) is 40.3 Å². The molecule has 0 saturated carbocycles. The van der Waals surface area contributed by atoms with E-state index in [0.717, 1.165) is 17.0 Å². The smallest absolute Gasteiger partial charge is 0.255 e. The van der Waals surface area contributed by atoms with E-state index < -0.39 is 0 Å². The summed E-state index contributed by atoms with van der Waals surface area (Å²) < 4.78 is 6.75. The molecule has 4 rings (SSSR count). The van der Waals surface area contributed by atoms with Crippen molar-refractivity contribution in [3.63, 3.8) is 0 Å². The number of nitriles is 1. The van der Waals surface area contributed by atoms with E-state index in [-0.39, 0.29) is 18.2 Å². The van der Waals surface area contributed by atoms with Crippen molar-refractivity contribution in [2.24, 2.45) is 0 Å². The molecule has 0 spiro atoms. The van der Waals surface area contributed by atoms with Gasteiger partial charge < -0.3 is 15.4 Å². The van der Waals surface area contributed by atoms with E-state index in [1.54, 1.807) is 60.2 Å². The van der Waals surface area contributed by atoms with E-state index >= 15 is 0 Å². The van der Waals surface area contributed by atoms with E-state index in [1.807, 2.05) is 13.8 Å². The van der Waals surface area contributed by atoms with Crippen LogP contribution in [0.2, 0.25) is 0 Å². The molecule has 35 heavy (non-hydrogen) atoms.